The van der Waals surface area contributed by atoms with Crippen LogP contribution in [0.3, 0.4) is 0 Å². The van der Waals surface area contributed by atoms with Gasteiger partial charge < -0.3 is 18.9 Å². The lowest BCUT2D eigenvalue weighted by atomic mass is 10.1. The fourth-order valence-corrected chi connectivity index (χ4v) is 5.94. The maximum absolute atomic E-state index is 13.3. The normalized spacial score (nSPS) is 13.1. The Labute approximate surface area is 225 Å². The largest absolute Gasteiger partial charge is 0.496 e. The number of aromatic nitrogens is 3. The van der Waals surface area contributed by atoms with Crippen molar-refractivity contribution < 1.29 is 27.2 Å². The van der Waals surface area contributed by atoms with Crippen LogP contribution >= 0.6 is 0 Å². The summed E-state index contributed by atoms with van der Waals surface area (Å²) in [7, 11) is -1.15. The molecule has 0 radical (unpaired) electrons. The third kappa shape index (κ3) is 4.88. The number of carbonyl (C=O) groups excluding carboxylic acids is 1. The zero-order chi connectivity index (χ0) is 27.7. The van der Waals surface area contributed by atoms with Crippen LogP contribution < -0.4 is 14.2 Å². The van der Waals surface area contributed by atoms with E-state index in [1.807, 2.05) is 17.7 Å². The Morgan fingerprint density at radius 1 is 1.18 bits per heavy atom. The smallest absolute Gasteiger partial charge is 0.298 e. The maximum atomic E-state index is 13.3. The number of ether oxygens (including phenoxy) is 2. The highest BCUT2D eigenvalue weighted by Crippen LogP contribution is 2.36. The van der Waals surface area contributed by atoms with E-state index in [0.717, 1.165) is 22.4 Å². The van der Waals surface area contributed by atoms with Gasteiger partial charge in [-0.3, -0.25) is 14.2 Å². The fourth-order valence-electron chi connectivity index (χ4n) is 4.72. The first kappa shape index (κ1) is 26.1. The fraction of sp³-hybridized carbons (Fsp3) is 0.296. The lowest BCUT2D eigenvalue weighted by Gasteiger charge is -2.25. The SMILES string of the molecule is C#CC(=O)N1CCc2c(cnn2Cc2cc(OC)c3c(NS(=O)(=O)c4cc(CC)ccc4OC)noc3c2)C1. The van der Waals surface area contributed by atoms with Gasteiger partial charge in [-0.1, -0.05) is 18.1 Å². The number of amides is 1. The Hall–Kier alpha value is -4.50. The van der Waals surface area contributed by atoms with Crippen molar-refractivity contribution in [1.82, 2.24) is 19.8 Å². The highest BCUT2D eigenvalue weighted by molar-refractivity contribution is 7.92. The molecule has 12 heteroatoms. The van der Waals surface area contributed by atoms with E-state index in [9.17, 15) is 13.2 Å². The molecule has 0 fully saturated rings. The van der Waals surface area contributed by atoms with Crippen molar-refractivity contribution in [2.45, 2.75) is 37.8 Å². The number of sulfonamides is 1. The predicted octanol–water partition coefficient (Wildman–Crippen LogP) is 2.97. The molecule has 1 amide bonds. The Bertz CT molecular complexity index is 1720. The number of hydrogen-bond donors (Lipinski definition) is 1. The lowest BCUT2D eigenvalue weighted by molar-refractivity contribution is -0.126. The van der Waals surface area contributed by atoms with Crippen molar-refractivity contribution in [3.05, 3.63) is 58.9 Å². The topological polar surface area (TPSA) is 129 Å². The summed E-state index contributed by atoms with van der Waals surface area (Å²) in [6.07, 6.45) is 8.29. The summed E-state index contributed by atoms with van der Waals surface area (Å²) in [5, 5.41) is 8.88. The number of nitrogens with one attached hydrogen (secondary N) is 1. The molecule has 39 heavy (non-hydrogen) atoms. The number of carbonyl (C=O) groups is 1. The van der Waals surface area contributed by atoms with Crippen molar-refractivity contribution in [2.75, 3.05) is 25.5 Å². The number of benzene rings is 2. The van der Waals surface area contributed by atoms with E-state index < -0.39 is 10.0 Å². The quantitative estimate of drug-likeness (QED) is 0.332. The van der Waals surface area contributed by atoms with Gasteiger partial charge in [0.1, 0.15) is 21.8 Å². The molecule has 0 unspecified atom stereocenters. The number of fused-ring (bicyclic) bond motifs is 2. The van der Waals surface area contributed by atoms with Crippen LogP contribution in [0.25, 0.3) is 11.0 Å². The summed E-state index contributed by atoms with van der Waals surface area (Å²) in [6.45, 7) is 3.28. The molecule has 4 aromatic rings. The van der Waals surface area contributed by atoms with Crippen LogP contribution in [0.15, 0.2) is 45.9 Å². The molecule has 0 spiro atoms. The van der Waals surface area contributed by atoms with E-state index in [0.29, 0.717) is 49.2 Å². The third-order valence-corrected chi connectivity index (χ3v) is 8.09. The van der Waals surface area contributed by atoms with Gasteiger partial charge in [-0.15, -0.1) is 6.42 Å². The minimum Gasteiger partial charge on any atom is -0.496 e. The summed E-state index contributed by atoms with van der Waals surface area (Å²) in [5.41, 5.74) is 3.97. The van der Waals surface area contributed by atoms with Gasteiger partial charge in [-0.05, 0) is 47.7 Å². The molecule has 1 N–H and O–H groups in total. The van der Waals surface area contributed by atoms with Crippen LogP contribution in [0.1, 0.15) is 29.3 Å². The molecule has 0 bridgehead atoms. The van der Waals surface area contributed by atoms with Gasteiger partial charge in [-0.25, -0.2) is 8.42 Å². The van der Waals surface area contributed by atoms with Crippen LogP contribution in [-0.2, 0) is 40.7 Å². The van der Waals surface area contributed by atoms with Crippen LogP contribution in [-0.4, -0.2) is 54.9 Å². The number of rotatable bonds is 8. The van der Waals surface area contributed by atoms with Crippen molar-refractivity contribution in [1.29, 1.82) is 0 Å². The van der Waals surface area contributed by atoms with Crippen molar-refractivity contribution in [3.8, 4) is 23.8 Å². The molecule has 5 rings (SSSR count). The first-order chi connectivity index (χ1) is 18.8. The second-order valence-corrected chi connectivity index (χ2v) is 10.7. The third-order valence-electron chi connectivity index (χ3n) is 6.73. The highest BCUT2D eigenvalue weighted by Gasteiger charge is 2.26. The summed E-state index contributed by atoms with van der Waals surface area (Å²) in [5.74, 6) is 2.44. The second-order valence-electron chi connectivity index (χ2n) is 9.04. The minimum atomic E-state index is -4.06. The van der Waals surface area contributed by atoms with Crippen LogP contribution in [0, 0.1) is 12.3 Å². The van der Waals surface area contributed by atoms with Crippen LogP contribution in [0.4, 0.5) is 5.82 Å². The molecule has 0 saturated heterocycles. The summed E-state index contributed by atoms with van der Waals surface area (Å²) >= 11 is 0. The molecule has 2 aromatic carbocycles. The van der Waals surface area contributed by atoms with E-state index in [2.05, 4.69) is 20.9 Å². The minimum absolute atomic E-state index is 0.00190. The second kappa shape index (κ2) is 10.3. The van der Waals surface area contributed by atoms with E-state index in [1.165, 1.54) is 14.2 Å². The van der Waals surface area contributed by atoms with Crippen LogP contribution in [0.5, 0.6) is 11.5 Å². The predicted molar refractivity (Wildman–Crippen MR) is 143 cm³/mol. The van der Waals surface area contributed by atoms with E-state index in [1.54, 1.807) is 35.4 Å². The number of nitrogens with zero attached hydrogens (tertiary/aromatic N) is 4. The molecule has 1 aliphatic rings. The average molecular weight is 550 g/mol. The van der Waals surface area contributed by atoms with Gasteiger partial charge in [0.05, 0.1) is 27.0 Å². The Balaban J connectivity index is 1.44. The number of methoxy groups -OCH3 is 2. The van der Waals surface area contributed by atoms with Gasteiger partial charge in [0.15, 0.2) is 11.4 Å². The van der Waals surface area contributed by atoms with Gasteiger partial charge in [0.2, 0.25) is 0 Å². The summed E-state index contributed by atoms with van der Waals surface area (Å²) in [4.78, 5) is 13.5. The number of hydrogen-bond acceptors (Lipinski definition) is 8. The zero-order valence-corrected chi connectivity index (χ0v) is 22.5. The van der Waals surface area contributed by atoms with Gasteiger partial charge in [0, 0.05) is 30.8 Å². The number of terminal acetylenes is 1. The van der Waals surface area contributed by atoms with E-state index in [-0.39, 0.29) is 22.4 Å². The number of aryl methyl sites for hydroxylation is 1. The number of anilines is 1. The Morgan fingerprint density at radius 3 is 2.69 bits per heavy atom. The maximum Gasteiger partial charge on any atom is 0.298 e. The molecule has 0 aliphatic carbocycles. The van der Waals surface area contributed by atoms with Gasteiger partial charge >= 0.3 is 0 Å². The first-order valence-corrected chi connectivity index (χ1v) is 13.7. The van der Waals surface area contributed by atoms with Crippen molar-refractivity contribution in [3.63, 3.8) is 0 Å². The molecule has 0 saturated carbocycles. The van der Waals surface area contributed by atoms with E-state index in [4.69, 9.17) is 20.4 Å². The van der Waals surface area contributed by atoms with E-state index >= 15 is 0 Å². The molecule has 3 heterocycles. The monoisotopic (exact) mass is 549 g/mol. The molecule has 202 valence electrons. The average Bonchev–Trinajstić information content (AvgIpc) is 3.54. The first-order valence-electron chi connectivity index (χ1n) is 12.2. The van der Waals surface area contributed by atoms with Gasteiger partial charge in [0.25, 0.3) is 15.9 Å². The zero-order valence-electron chi connectivity index (χ0n) is 21.7. The molecule has 2 aromatic heterocycles. The van der Waals surface area contributed by atoms with Gasteiger partial charge in [-0.2, -0.15) is 5.10 Å². The lowest BCUT2D eigenvalue weighted by Crippen LogP contribution is -2.35. The molecule has 0 atom stereocenters. The van der Waals surface area contributed by atoms with Crippen LogP contribution in [0.2, 0.25) is 0 Å². The molecule has 1 aliphatic heterocycles. The Kier molecular flexibility index (Phi) is 6.93. The summed E-state index contributed by atoms with van der Waals surface area (Å²) in [6, 6.07) is 8.58. The Morgan fingerprint density at radius 2 is 1.97 bits per heavy atom. The standard InChI is InChI=1S/C27H27N5O6S/c1-5-17-7-8-21(36-3)24(13-17)39(34,35)30-27-26-22(37-4)11-18(12-23(26)38-29-27)15-32-20-9-10-31(25(33)6-2)16-19(20)14-28-32/h2,7-8,11-14H,5,9-10,15-16H2,1,3-4H3,(H,29,30). The molecule has 11 nitrogen and oxygen atoms in total. The molecular weight excluding hydrogens is 522 g/mol. The highest BCUT2D eigenvalue weighted by atomic mass is 32.2. The molecular formula is C27H27N5O6S. The van der Waals surface area contributed by atoms with Crippen molar-refractivity contribution in [2.24, 2.45) is 0 Å². The van der Waals surface area contributed by atoms with Crippen molar-refractivity contribution >= 4 is 32.7 Å². The summed E-state index contributed by atoms with van der Waals surface area (Å²) < 4.78 is 47.5.